The van der Waals surface area contributed by atoms with Crippen molar-refractivity contribution in [1.82, 2.24) is 20.3 Å². The first-order chi connectivity index (χ1) is 12.0. The fourth-order valence-corrected chi connectivity index (χ4v) is 4.40. The lowest BCUT2D eigenvalue weighted by molar-refractivity contribution is 0.0938. The Labute approximate surface area is 147 Å². The number of likely N-dealkylation sites (tertiary alicyclic amines) is 1. The number of benzene rings is 1. The first-order valence-corrected chi connectivity index (χ1v) is 9.75. The molecule has 2 fully saturated rings. The summed E-state index contributed by atoms with van der Waals surface area (Å²) in [4.78, 5) is 14.1. The number of carbonyl (C=O) groups is 1. The van der Waals surface area contributed by atoms with E-state index >= 15 is 0 Å². The highest BCUT2D eigenvalue weighted by atomic mass is 32.2. The summed E-state index contributed by atoms with van der Waals surface area (Å²) in [5, 5.41) is 14.8. The summed E-state index contributed by atoms with van der Waals surface area (Å²) in [7, 11) is -3.66. The summed E-state index contributed by atoms with van der Waals surface area (Å²) in [6, 6.07) is 5.79. The molecule has 3 rings (SSSR count). The van der Waals surface area contributed by atoms with Gasteiger partial charge in [-0.2, -0.15) is 5.26 Å². The maximum Gasteiger partial charge on any atom is 0.251 e. The standard InChI is InChI=1S/C16H21N5O3S/c17-11-21-7-5-14(10-21)19-16(22)12-2-1-3-15(8-12)25(23,24)20-13-4-6-18-9-13/h1-3,8,13-14,18,20H,4-7,9-10H2,(H,19,22)/t13-,14?/m1/s1. The molecule has 1 unspecified atom stereocenters. The van der Waals surface area contributed by atoms with E-state index in [0.717, 1.165) is 13.0 Å². The van der Waals surface area contributed by atoms with Crippen molar-refractivity contribution >= 4 is 15.9 Å². The molecule has 2 atom stereocenters. The summed E-state index contributed by atoms with van der Waals surface area (Å²) in [5.74, 6) is -0.329. The Hall–Kier alpha value is -2.15. The molecule has 0 bridgehead atoms. The van der Waals surface area contributed by atoms with Crippen LogP contribution in [0.4, 0.5) is 0 Å². The predicted octanol–water partition coefficient (Wildman–Crippen LogP) is -0.388. The van der Waals surface area contributed by atoms with Crippen molar-refractivity contribution in [2.75, 3.05) is 26.2 Å². The fourth-order valence-electron chi connectivity index (χ4n) is 3.08. The van der Waals surface area contributed by atoms with Gasteiger partial charge in [0.15, 0.2) is 6.19 Å². The number of nitriles is 1. The van der Waals surface area contributed by atoms with Crippen molar-refractivity contribution in [3.8, 4) is 6.19 Å². The van der Waals surface area contributed by atoms with E-state index in [9.17, 15) is 13.2 Å². The zero-order valence-electron chi connectivity index (χ0n) is 13.7. The van der Waals surface area contributed by atoms with Gasteiger partial charge in [0.2, 0.25) is 10.0 Å². The van der Waals surface area contributed by atoms with E-state index in [2.05, 4.69) is 21.5 Å². The zero-order chi connectivity index (χ0) is 17.9. The van der Waals surface area contributed by atoms with Gasteiger partial charge in [-0.05, 0) is 37.6 Å². The van der Waals surface area contributed by atoms with E-state index in [1.165, 1.54) is 12.1 Å². The molecule has 1 aromatic rings. The van der Waals surface area contributed by atoms with Gasteiger partial charge in [-0.1, -0.05) is 6.07 Å². The van der Waals surface area contributed by atoms with Crippen LogP contribution < -0.4 is 15.4 Å². The molecule has 0 aliphatic carbocycles. The Balaban J connectivity index is 1.68. The lowest BCUT2D eigenvalue weighted by atomic mass is 10.2. The second kappa shape index (κ2) is 7.39. The predicted molar refractivity (Wildman–Crippen MR) is 91.1 cm³/mol. The molecule has 1 amide bonds. The second-order valence-corrected chi connectivity index (χ2v) is 8.06. The van der Waals surface area contributed by atoms with Gasteiger partial charge in [0.05, 0.1) is 4.90 Å². The fraction of sp³-hybridized carbons (Fsp3) is 0.500. The van der Waals surface area contributed by atoms with Crippen molar-refractivity contribution in [1.29, 1.82) is 5.26 Å². The van der Waals surface area contributed by atoms with Gasteiger partial charge in [-0.25, -0.2) is 13.1 Å². The van der Waals surface area contributed by atoms with Crippen molar-refractivity contribution < 1.29 is 13.2 Å². The van der Waals surface area contributed by atoms with Gasteiger partial charge < -0.3 is 15.5 Å². The summed E-state index contributed by atoms with van der Waals surface area (Å²) < 4.78 is 27.6. The van der Waals surface area contributed by atoms with E-state index in [-0.39, 0.29) is 22.9 Å². The quantitative estimate of drug-likeness (QED) is 0.614. The molecule has 25 heavy (non-hydrogen) atoms. The minimum Gasteiger partial charge on any atom is -0.347 e. The van der Waals surface area contributed by atoms with Crippen LogP contribution in [0.5, 0.6) is 0 Å². The Kier molecular flexibility index (Phi) is 5.22. The van der Waals surface area contributed by atoms with Crippen LogP contribution >= 0.6 is 0 Å². The van der Waals surface area contributed by atoms with E-state index in [1.54, 1.807) is 17.0 Å². The first kappa shape index (κ1) is 17.7. The second-order valence-electron chi connectivity index (χ2n) is 6.34. The molecule has 2 aliphatic rings. The summed E-state index contributed by atoms with van der Waals surface area (Å²) >= 11 is 0. The number of amides is 1. The SMILES string of the molecule is N#CN1CCC(NC(=O)c2cccc(S(=O)(=O)N[C@@H]3CCNC3)c2)C1. The Bertz CT molecular complexity index is 783. The highest BCUT2D eigenvalue weighted by molar-refractivity contribution is 7.89. The van der Waals surface area contributed by atoms with Crippen LogP contribution in [0.1, 0.15) is 23.2 Å². The van der Waals surface area contributed by atoms with Crippen molar-refractivity contribution in [2.24, 2.45) is 0 Å². The van der Waals surface area contributed by atoms with Crippen LogP contribution in [0.2, 0.25) is 0 Å². The van der Waals surface area contributed by atoms with Gasteiger partial charge in [-0.3, -0.25) is 4.79 Å². The topological polar surface area (TPSA) is 114 Å². The number of sulfonamides is 1. The van der Waals surface area contributed by atoms with Crippen LogP contribution in [0.25, 0.3) is 0 Å². The molecule has 0 spiro atoms. The molecular weight excluding hydrogens is 342 g/mol. The first-order valence-electron chi connectivity index (χ1n) is 8.26. The highest BCUT2D eigenvalue weighted by Gasteiger charge is 2.25. The van der Waals surface area contributed by atoms with Crippen molar-refractivity contribution in [3.05, 3.63) is 29.8 Å². The molecule has 0 saturated carbocycles. The molecule has 0 aromatic heterocycles. The van der Waals surface area contributed by atoms with Crippen molar-refractivity contribution in [2.45, 2.75) is 29.8 Å². The number of carbonyl (C=O) groups excluding carboxylic acids is 1. The van der Waals surface area contributed by atoms with E-state index in [0.29, 0.717) is 31.6 Å². The number of nitrogens with zero attached hydrogens (tertiary/aromatic N) is 2. The lowest BCUT2D eigenvalue weighted by Gasteiger charge is -2.14. The van der Waals surface area contributed by atoms with Crippen LogP contribution in [0, 0.1) is 11.5 Å². The van der Waals surface area contributed by atoms with E-state index < -0.39 is 10.0 Å². The molecule has 3 N–H and O–H groups in total. The number of hydrogen-bond acceptors (Lipinski definition) is 6. The molecule has 2 saturated heterocycles. The van der Waals surface area contributed by atoms with Gasteiger partial charge in [-0.15, -0.1) is 0 Å². The molecule has 0 radical (unpaired) electrons. The molecule has 2 heterocycles. The normalized spacial score (nSPS) is 23.4. The number of nitrogens with one attached hydrogen (secondary N) is 3. The van der Waals surface area contributed by atoms with Crippen LogP contribution in [0.15, 0.2) is 29.2 Å². The monoisotopic (exact) mass is 363 g/mol. The van der Waals surface area contributed by atoms with Gasteiger partial charge >= 0.3 is 0 Å². The van der Waals surface area contributed by atoms with Gasteiger partial charge in [0.25, 0.3) is 5.91 Å². The lowest BCUT2D eigenvalue weighted by Crippen LogP contribution is -2.37. The molecule has 1 aromatic carbocycles. The maximum absolute atomic E-state index is 12.5. The Morgan fingerprint density at radius 1 is 1.32 bits per heavy atom. The zero-order valence-corrected chi connectivity index (χ0v) is 14.6. The summed E-state index contributed by atoms with van der Waals surface area (Å²) in [6.07, 6.45) is 3.51. The summed E-state index contributed by atoms with van der Waals surface area (Å²) in [5.41, 5.74) is 0.294. The van der Waals surface area contributed by atoms with Crippen LogP contribution in [-0.4, -0.2) is 57.5 Å². The average molecular weight is 363 g/mol. The Morgan fingerprint density at radius 3 is 2.84 bits per heavy atom. The number of rotatable bonds is 5. The van der Waals surface area contributed by atoms with Crippen LogP contribution in [0.3, 0.4) is 0 Å². The largest absolute Gasteiger partial charge is 0.347 e. The van der Waals surface area contributed by atoms with Crippen LogP contribution in [-0.2, 0) is 10.0 Å². The molecular formula is C16H21N5O3S. The van der Waals surface area contributed by atoms with Crippen molar-refractivity contribution in [3.63, 3.8) is 0 Å². The van der Waals surface area contributed by atoms with Gasteiger partial charge in [0, 0.05) is 37.3 Å². The molecule has 2 aliphatic heterocycles. The molecule has 9 heteroatoms. The van der Waals surface area contributed by atoms with Gasteiger partial charge in [0.1, 0.15) is 0 Å². The summed E-state index contributed by atoms with van der Waals surface area (Å²) in [6.45, 7) is 2.50. The third-order valence-electron chi connectivity index (χ3n) is 4.45. The minimum atomic E-state index is -3.66. The van der Waals surface area contributed by atoms with E-state index in [1.807, 2.05) is 0 Å². The molecule has 8 nitrogen and oxygen atoms in total. The third-order valence-corrected chi connectivity index (χ3v) is 5.97. The highest BCUT2D eigenvalue weighted by Crippen LogP contribution is 2.14. The van der Waals surface area contributed by atoms with E-state index in [4.69, 9.17) is 5.26 Å². The Morgan fingerprint density at radius 2 is 2.16 bits per heavy atom. The average Bonchev–Trinajstić information content (AvgIpc) is 3.26. The third kappa shape index (κ3) is 4.28. The maximum atomic E-state index is 12.5. The number of hydrogen-bond donors (Lipinski definition) is 3. The minimum absolute atomic E-state index is 0.0807. The molecule has 134 valence electrons. The smallest absolute Gasteiger partial charge is 0.251 e.